The zero-order valence-corrected chi connectivity index (χ0v) is 27.7. The van der Waals surface area contributed by atoms with Gasteiger partial charge in [-0.2, -0.15) is 0 Å². The fourth-order valence-electron chi connectivity index (χ4n) is 8.42. The first-order valence-corrected chi connectivity index (χ1v) is 16.4. The minimum atomic E-state index is -0.698. The van der Waals surface area contributed by atoms with Crippen molar-refractivity contribution in [3.63, 3.8) is 0 Å². The highest BCUT2D eigenvalue weighted by atomic mass is 16.7. The molecule has 48 heavy (non-hydrogen) atoms. The number of aliphatic hydroxyl groups excluding tert-OH is 1. The van der Waals surface area contributed by atoms with Gasteiger partial charge in [0.1, 0.15) is 11.9 Å². The molecule has 1 heterocycles. The van der Waals surface area contributed by atoms with Gasteiger partial charge in [0.2, 0.25) is 12.2 Å². The minimum absolute atomic E-state index is 0.0711. The van der Waals surface area contributed by atoms with Crippen LogP contribution in [0.1, 0.15) is 50.7 Å². The molecule has 4 atom stereocenters. The topological polar surface area (TPSA) is 106 Å². The van der Waals surface area contributed by atoms with E-state index in [2.05, 4.69) is 56.1 Å². The van der Waals surface area contributed by atoms with E-state index < -0.39 is 23.7 Å². The Labute approximate surface area is 280 Å². The van der Waals surface area contributed by atoms with E-state index in [1.165, 1.54) is 4.90 Å². The second kappa shape index (κ2) is 12.1. The summed E-state index contributed by atoms with van der Waals surface area (Å²) < 4.78 is 22.8. The number of benzene rings is 4. The second-order valence-electron chi connectivity index (χ2n) is 13.8. The molecule has 0 saturated heterocycles. The molecule has 2 aliphatic carbocycles. The van der Waals surface area contributed by atoms with Crippen LogP contribution in [-0.2, 0) is 16.0 Å². The number of amides is 1. The fraction of sp³-hybridized carbons (Fsp3) is 0.359. The van der Waals surface area contributed by atoms with Crippen LogP contribution in [0.15, 0.2) is 96.6 Å². The number of methoxy groups -OCH3 is 1. The van der Waals surface area contributed by atoms with Gasteiger partial charge in [0.25, 0.3) is 0 Å². The molecule has 4 aromatic rings. The Morgan fingerprint density at radius 2 is 1.75 bits per heavy atom. The van der Waals surface area contributed by atoms with E-state index in [4.69, 9.17) is 18.9 Å². The first-order chi connectivity index (χ1) is 23.2. The largest absolute Gasteiger partial charge is 0.527 e. The number of nitrogens with zero attached hydrogens (tertiary/aromatic N) is 3. The second-order valence-corrected chi connectivity index (χ2v) is 13.8. The van der Waals surface area contributed by atoms with Crippen LogP contribution in [0, 0.1) is 22.1 Å². The first kappa shape index (κ1) is 31.4. The Kier molecular flexibility index (Phi) is 7.90. The predicted octanol–water partition coefficient (Wildman–Crippen LogP) is 8.36. The van der Waals surface area contributed by atoms with Gasteiger partial charge < -0.3 is 29.0 Å². The molecular formula is C39H40N3O6+. The summed E-state index contributed by atoms with van der Waals surface area (Å²) in [6.45, 7) is 7.24. The average molecular weight is 647 g/mol. The van der Waals surface area contributed by atoms with Gasteiger partial charge in [-0.15, -0.1) is 0 Å². The molecule has 2 bridgehead atoms. The molecule has 1 N–H and O–H groups in total. The summed E-state index contributed by atoms with van der Waals surface area (Å²) in [5, 5.41) is 24.1. The van der Waals surface area contributed by atoms with Crippen LogP contribution in [0.25, 0.3) is 15.7 Å². The highest BCUT2D eigenvalue weighted by Crippen LogP contribution is 2.72. The van der Waals surface area contributed by atoms with Gasteiger partial charge in [0.15, 0.2) is 16.5 Å². The number of aliphatic hydroxyl groups is 1. The maximum Gasteiger partial charge on any atom is 0.527 e. The Bertz CT molecular complexity index is 1940. The van der Waals surface area contributed by atoms with Gasteiger partial charge in [0.05, 0.1) is 7.11 Å². The van der Waals surface area contributed by atoms with Crippen molar-refractivity contribution in [2.45, 2.75) is 52.1 Å². The van der Waals surface area contributed by atoms with E-state index in [9.17, 15) is 15.3 Å². The third-order valence-electron chi connectivity index (χ3n) is 11.4. The van der Waals surface area contributed by atoms with Crippen molar-refractivity contribution in [3.05, 3.63) is 113 Å². The van der Waals surface area contributed by atoms with Gasteiger partial charge >= 0.3 is 17.5 Å². The van der Waals surface area contributed by atoms with Gasteiger partial charge in [-0.05, 0) is 88.4 Å². The van der Waals surface area contributed by atoms with E-state index in [1.54, 1.807) is 31.4 Å². The van der Waals surface area contributed by atoms with Gasteiger partial charge in [-0.1, -0.05) is 69.3 Å². The van der Waals surface area contributed by atoms with E-state index in [0.717, 1.165) is 34.7 Å². The molecule has 1 amide bonds. The maximum atomic E-state index is 14.2. The Morgan fingerprint density at radius 3 is 2.52 bits per heavy atom. The molecule has 246 valence electrons. The highest BCUT2D eigenvalue weighted by molar-refractivity contribution is 6.07. The van der Waals surface area contributed by atoms with E-state index in [-0.39, 0.29) is 36.0 Å². The Balaban J connectivity index is 1.23. The number of hydrogen-bond acceptors (Lipinski definition) is 7. The summed E-state index contributed by atoms with van der Waals surface area (Å²) in [6, 6.07) is 27.3. The van der Waals surface area contributed by atoms with Crippen molar-refractivity contribution in [1.29, 1.82) is 5.39 Å². The van der Waals surface area contributed by atoms with Crippen LogP contribution in [0.4, 0.5) is 5.69 Å². The average Bonchev–Trinajstić information content (AvgIpc) is 3.70. The molecular weight excluding hydrogens is 606 g/mol. The lowest BCUT2D eigenvalue weighted by atomic mass is 9.64. The molecule has 2 fully saturated rings. The third-order valence-corrected chi connectivity index (χ3v) is 11.4. The molecule has 4 aromatic carbocycles. The van der Waals surface area contributed by atoms with Crippen LogP contribution in [0.3, 0.4) is 0 Å². The first-order valence-electron chi connectivity index (χ1n) is 16.4. The lowest BCUT2D eigenvalue weighted by Gasteiger charge is -2.40. The molecule has 7 rings (SSSR count). The number of carbonyl (C=O) groups is 1. The summed E-state index contributed by atoms with van der Waals surface area (Å²) in [5.74, 6) is 0.596. The highest BCUT2D eigenvalue weighted by Gasteiger charge is 2.68. The Hall–Kier alpha value is -5.23. The van der Waals surface area contributed by atoms with Crippen LogP contribution >= 0.6 is 0 Å². The number of ether oxygens (including phenoxy) is 4. The van der Waals surface area contributed by atoms with Crippen LogP contribution in [0.5, 0.6) is 17.2 Å². The van der Waals surface area contributed by atoms with E-state index in [0.29, 0.717) is 29.4 Å². The number of diazo groups is 1. The standard InChI is InChI=1S/C39H39N3O6/c1-38(2)30-18-20-39(38,3)33(29-11-7-9-25-8-5-6-10-28(25)29)35(30)48-37(44)34(41-40)36(43)42(26-13-15-27(45-4)16-14-26)21-19-24-12-17-31-32(22-24)47-23-46-31/h5-17,22,30,33,35H,18-21,23H2,1-4H3/p+1/t30-,33-,35-,39+/m1/s1. The lowest BCUT2D eigenvalue weighted by molar-refractivity contribution is -0.115. The molecule has 2 saturated carbocycles. The number of fused-ring (bicyclic) bond motifs is 4. The zero-order valence-electron chi connectivity index (χ0n) is 27.7. The smallest absolute Gasteiger partial charge is 0.497 e. The molecule has 9 nitrogen and oxygen atoms in total. The van der Waals surface area contributed by atoms with Crippen molar-refractivity contribution >= 4 is 22.4 Å². The Morgan fingerprint density at radius 1 is 1.00 bits per heavy atom. The third kappa shape index (κ3) is 5.07. The van der Waals surface area contributed by atoms with E-state index in [1.807, 2.05) is 30.3 Å². The number of hydrogen-bond donors (Lipinski definition) is 1. The van der Waals surface area contributed by atoms with Crippen molar-refractivity contribution in [2.24, 2.45) is 16.7 Å². The van der Waals surface area contributed by atoms with Gasteiger partial charge in [-0.25, -0.2) is 0 Å². The predicted molar refractivity (Wildman–Crippen MR) is 183 cm³/mol. The van der Waals surface area contributed by atoms with Gasteiger partial charge in [-0.3, -0.25) is 4.79 Å². The van der Waals surface area contributed by atoms with Crippen molar-refractivity contribution in [1.82, 2.24) is 0 Å². The minimum Gasteiger partial charge on any atom is -0.497 e. The summed E-state index contributed by atoms with van der Waals surface area (Å²) in [7, 11) is 1.57. The van der Waals surface area contributed by atoms with Crippen molar-refractivity contribution in [2.75, 3.05) is 25.3 Å². The SMILES string of the molecule is COc1ccc(N(CCc2ccc3c(c2)OCO3)C(=O)/C([N+]#N)=C(\O)O[C@@H]2[C@H]3CC[C@@](C)([C@@H]2c2cccc4ccccc24)C3(C)C)cc1. The quantitative estimate of drug-likeness (QED) is 0.111. The molecule has 0 spiro atoms. The van der Waals surface area contributed by atoms with Crippen LogP contribution < -0.4 is 19.1 Å². The molecule has 0 unspecified atom stereocenters. The number of anilines is 1. The zero-order chi connectivity index (χ0) is 33.6. The van der Waals surface area contributed by atoms with Crippen LogP contribution in [-0.4, -0.2) is 37.6 Å². The summed E-state index contributed by atoms with van der Waals surface area (Å²) in [4.78, 5) is 19.0. The number of carbonyl (C=O) groups excluding carboxylic acids is 1. The molecule has 0 aromatic heterocycles. The van der Waals surface area contributed by atoms with Crippen LogP contribution in [0.2, 0.25) is 0 Å². The van der Waals surface area contributed by atoms with E-state index >= 15 is 0 Å². The lowest BCUT2D eigenvalue weighted by Crippen LogP contribution is -2.36. The summed E-state index contributed by atoms with van der Waals surface area (Å²) in [6.07, 6.45) is 1.95. The molecule has 1 aliphatic heterocycles. The molecule has 3 aliphatic rings. The molecule has 0 radical (unpaired) electrons. The normalized spacial score (nSPS) is 23.8. The van der Waals surface area contributed by atoms with Crippen molar-refractivity contribution < 1.29 is 28.8 Å². The fourth-order valence-corrected chi connectivity index (χ4v) is 8.42. The monoisotopic (exact) mass is 646 g/mol. The maximum absolute atomic E-state index is 14.2. The summed E-state index contributed by atoms with van der Waals surface area (Å²) >= 11 is 0. The summed E-state index contributed by atoms with van der Waals surface area (Å²) in [5.41, 5.74) is 1.82. The van der Waals surface area contributed by atoms with Crippen molar-refractivity contribution in [3.8, 4) is 17.2 Å². The van der Waals surface area contributed by atoms with Gasteiger partial charge in [0, 0.05) is 24.1 Å². The molecule has 9 heteroatoms. The number of rotatable bonds is 9.